The Morgan fingerprint density at radius 1 is 0.773 bits per heavy atom. The standard InChI is InChI=1S/C19H37FO2/c1-18(15-11-7-4-5-9-13-17-20)14-10-6-2-3-8-12-16-19(21)22/h18H,2-17H2,1H3,(H,21,22). The fourth-order valence-electron chi connectivity index (χ4n) is 2.91. The predicted molar refractivity (Wildman–Crippen MR) is 92.0 cm³/mol. The van der Waals surface area contributed by atoms with Crippen molar-refractivity contribution in [1.29, 1.82) is 0 Å². The lowest BCUT2D eigenvalue weighted by atomic mass is 9.96. The Morgan fingerprint density at radius 3 is 1.64 bits per heavy atom. The van der Waals surface area contributed by atoms with Crippen LogP contribution in [-0.2, 0) is 4.79 Å². The summed E-state index contributed by atoms with van der Waals surface area (Å²) >= 11 is 0. The van der Waals surface area contributed by atoms with Crippen LogP contribution in [-0.4, -0.2) is 17.8 Å². The molecule has 1 unspecified atom stereocenters. The van der Waals surface area contributed by atoms with E-state index in [4.69, 9.17) is 5.11 Å². The van der Waals surface area contributed by atoms with Crippen LogP contribution in [0.15, 0.2) is 0 Å². The Kier molecular flexibility index (Phi) is 16.3. The van der Waals surface area contributed by atoms with Gasteiger partial charge in [-0.3, -0.25) is 9.18 Å². The van der Waals surface area contributed by atoms with E-state index in [9.17, 15) is 9.18 Å². The Labute approximate surface area is 136 Å². The maximum absolute atomic E-state index is 11.9. The quantitative estimate of drug-likeness (QED) is 0.310. The van der Waals surface area contributed by atoms with E-state index in [0.717, 1.165) is 31.6 Å². The lowest BCUT2D eigenvalue weighted by Gasteiger charge is -2.11. The van der Waals surface area contributed by atoms with Gasteiger partial charge < -0.3 is 5.11 Å². The van der Waals surface area contributed by atoms with Gasteiger partial charge in [0.15, 0.2) is 0 Å². The molecule has 0 aliphatic carbocycles. The molecule has 1 atom stereocenters. The van der Waals surface area contributed by atoms with Gasteiger partial charge in [0.25, 0.3) is 0 Å². The molecule has 3 heteroatoms. The van der Waals surface area contributed by atoms with Crippen molar-refractivity contribution < 1.29 is 14.3 Å². The summed E-state index contributed by atoms with van der Waals surface area (Å²) in [4.78, 5) is 10.4. The van der Waals surface area contributed by atoms with Gasteiger partial charge in [0.2, 0.25) is 0 Å². The molecule has 1 N–H and O–H groups in total. The first-order valence-electron chi connectivity index (χ1n) is 9.44. The maximum Gasteiger partial charge on any atom is 0.303 e. The van der Waals surface area contributed by atoms with Gasteiger partial charge in [-0.05, 0) is 18.8 Å². The van der Waals surface area contributed by atoms with Gasteiger partial charge in [-0.2, -0.15) is 0 Å². The molecule has 0 heterocycles. The van der Waals surface area contributed by atoms with Gasteiger partial charge in [-0.15, -0.1) is 0 Å². The van der Waals surface area contributed by atoms with E-state index in [1.165, 1.54) is 64.2 Å². The third kappa shape index (κ3) is 17.5. The number of hydrogen-bond donors (Lipinski definition) is 1. The number of halogens is 1. The average molecular weight is 317 g/mol. The molecule has 22 heavy (non-hydrogen) atoms. The van der Waals surface area contributed by atoms with Crippen LogP contribution in [0.25, 0.3) is 0 Å². The number of rotatable bonds is 17. The maximum atomic E-state index is 11.9. The van der Waals surface area contributed by atoms with E-state index < -0.39 is 5.97 Å². The molecular formula is C19H37FO2. The minimum atomic E-state index is -0.670. The van der Waals surface area contributed by atoms with Crippen LogP contribution < -0.4 is 0 Å². The first-order chi connectivity index (χ1) is 10.7. The van der Waals surface area contributed by atoms with Crippen LogP contribution in [0.5, 0.6) is 0 Å². The number of unbranched alkanes of at least 4 members (excludes halogenated alkanes) is 10. The number of carbonyl (C=O) groups is 1. The summed E-state index contributed by atoms with van der Waals surface area (Å²) in [5, 5.41) is 8.54. The Morgan fingerprint density at radius 2 is 1.18 bits per heavy atom. The zero-order valence-electron chi connectivity index (χ0n) is 14.6. The number of hydrogen-bond acceptors (Lipinski definition) is 1. The zero-order valence-corrected chi connectivity index (χ0v) is 14.6. The third-order valence-electron chi connectivity index (χ3n) is 4.42. The number of aliphatic carboxylic acids is 1. The monoisotopic (exact) mass is 316 g/mol. The van der Waals surface area contributed by atoms with E-state index in [1.807, 2.05) is 0 Å². The van der Waals surface area contributed by atoms with Gasteiger partial charge in [0, 0.05) is 6.42 Å². The van der Waals surface area contributed by atoms with E-state index >= 15 is 0 Å². The number of carboxylic acid groups (broad SMARTS) is 1. The molecule has 2 nitrogen and oxygen atoms in total. The highest BCUT2D eigenvalue weighted by molar-refractivity contribution is 5.66. The van der Waals surface area contributed by atoms with Crippen molar-refractivity contribution in [2.24, 2.45) is 5.92 Å². The zero-order chi connectivity index (χ0) is 16.5. The largest absolute Gasteiger partial charge is 0.481 e. The summed E-state index contributed by atoms with van der Waals surface area (Å²) in [6.07, 6.45) is 16.8. The molecule has 0 aromatic rings. The molecule has 0 bridgehead atoms. The number of carboxylic acids is 1. The second-order valence-corrected chi connectivity index (χ2v) is 6.76. The molecule has 0 aromatic heterocycles. The van der Waals surface area contributed by atoms with Crippen molar-refractivity contribution >= 4 is 5.97 Å². The van der Waals surface area contributed by atoms with Crippen molar-refractivity contribution in [2.75, 3.05) is 6.67 Å². The highest BCUT2D eigenvalue weighted by Gasteiger charge is 2.02. The Bertz CT molecular complexity index is 244. The summed E-state index contributed by atoms with van der Waals surface area (Å²) in [6, 6.07) is 0. The topological polar surface area (TPSA) is 37.3 Å². The normalized spacial score (nSPS) is 12.5. The SMILES string of the molecule is CC(CCCCCCCCF)CCCCCCCCC(=O)O. The fraction of sp³-hybridized carbons (Fsp3) is 0.947. The van der Waals surface area contributed by atoms with Gasteiger partial charge >= 0.3 is 5.97 Å². The predicted octanol–water partition coefficient (Wildman–Crippen LogP) is 6.53. The molecule has 0 aliphatic rings. The molecule has 0 saturated heterocycles. The summed E-state index contributed by atoms with van der Waals surface area (Å²) in [5.74, 6) is 0.161. The molecule has 0 aromatic carbocycles. The van der Waals surface area contributed by atoms with Crippen molar-refractivity contribution in [3.05, 3.63) is 0 Å². The Hall–Kier alpha value is -0.600. The average Bonchev–Trinajstić information content (AvgIpc) is 2.48. The van der Waals surface area contributed by atoms with Crippen molar-refractivity contribution in [2.45, 2.75) is 103 Å². The summed E-state index contributed by atoms with van der Waals surface area (Å²) in [7, 11) is 0. The summed E-state index contributed by atoms with van der Waals surface area (Å²) in [6.45, 7) is 2.20. The molecule has 0 radical (unpaired) electrons. The lowest BCUT2D eigenvalue weighted by Crippen LogP contribution is -1.95. The highest BCUT2D eigenvalue weighted by Crippen LogP contribution is 2.18. The van der Waals surface area contributed by atoms with Crippen LogP contribution in [0.3, 0.4) is 0 Å². The smallest absolute Gasteiger partial charge is 0.303 e. The van der Waals surface area contributed by atoms with Crippen LogP contribution in [0.1, 0.15) is 103 Å². The van der Waals surface area contributed by atoms with E-state index in [0.29, 0.717) is 6.42 Å². The van der Waals surface area contributed by atoms with Crippen molar-refractivity contribution in [1.82, 2.24) is 0 Å². The molecular weight excluding hydrogens is 279 g/mol. The van der Waals surface area contributed by atoms with Gasteiger partial charge in [-0.25, -0.2) is 0 Å². The van der Waals surface area contributed by atoms with Crippen molar-refractivity contribution in [3.8, 4) is 0 Å². The fourth-order valence-corrected chi connectivity index (χ4v) is 2.91. The van der Waals surface area contributed by atoms with E-state index in [2.05, 4.69) is 6.92 Å². The van der Waals surface area contributed by atoms with Crippen LogP contribution in [0.4, 0.5) is 4.39 Å². The van der Waals surface area contributed by atoms with Crippen LogP contribution in [0, 0.1) is 5.92 Å². The second-order valence-electron chi connectivity index (χ2n) is 6.76. The van der Waals surface area contributed by atoms with Gasteiger partial charge in [0.1, 0.15) is 0 Å². The van der Waals surface area contributed by atoms with Crippen LogP contribution >= 0.6 is 0 Å². The Balaban J connectivity index is 3.15. The van der Waals surface area contributed by atoms with E-state index in [1.54, 1.807) is 0 Å². The van der Waals surface area contributed by atoms with E-state index in [-0.39, 0.29) is 6.67 Å². The minimum absolute atomic E-state index is 0.156. The second kappa shape index (κ2) is 16.8. The first-order valence-corrected chi connectivity index (χ1v) is 9.44. The summed E-state index contributed by atoms with van der Waals surface area (Å²) in [5.41, 5.74) is 0. The highest BCUT2D eigenvalue weighted by atomic mass is 19.1. The lowest BCUT2D eigenvalue weighted by molar-refractivity contribution is -0.137. The third-order valence-corrected chi connectivity index (χ3v) is 4.42. The molecule has 0 amide bonds. The molecule has 0 saturated carbocycles. The minimum Gasteiger partial charge on any atom is -0.481 e. The first kappa shape index (κ1) is 21.4. The number of alkyl halides is 1. The molecule has 0 aliphatic heterocycles. The molecule has 132 valence electrons. The molecule has 0 rings (SSSR count). The summed E-state index contributed by atoms with van der Waals surface area (Å²) < 4.78 is 11.9. The molecule has 0 fully saturated rings. The molecule has 0 spiro atoms. The van der Waals surface area contributed by atoms with Gasteiger partial charge in [0.05, 0.1) is 6.67 Å². The van der Waals surface area contributed by atoms with Crippen LogP contribution in [0.2, 0.25) is 0 Å². The van der Waals surface area contributed by atoms with Crippen molar-refractivity contribution in [3.63, 3.8) is 0 Å². The van der Waals surface area contributed by atoms with Gasteiger partial charge in [-0.1, -0.05) is 84.0 Å².